The van der Waals surface area contributed by atoms with Crippen molar-refractivity contribution in [3.05, 3.63) is 84.1 Å². The van der Waals surface area contributed by atoms with Crippen molar-refractivity contribution >= 4 is 17.7 Å². The van der Waals surface area contributed by atoms with Crippen molar-refractivity contribution in [3.63, 3.8) is 0 Å². The number of benzene rings is 2. The van der Waals surface area contributed by atoms with Crippen molar-refractivity contribution in [2.45, 2.75) is 19.4 Å². The highest BCUT2D eigenvalue weighted by atomic mass is 16.4. The Labute approximate surface area is 157 Å². The van der Waals surface area contributed by atoms with Gasteiger partial charge in [-0.25, -0.2) is 0 Å². The molecule has 1 saturated heterocycles. The van der Waals surface area contributed by atoms with Crippen LogP contribution in [-0.4, -0.2) is 27.7 Å². The number of nitrogens with zero attached hydrogens (tertiary/aromatic N) is 1. The lowest BCUT2D eigenvalue weighted by Crippen LogP contribution is -2.45. The summed E-state index contributed by atoms with van der Waals surface area (Å²) < 4.78 is 0. The first kappa shape index (κ1) is 18.6. The van der Waals surface area contributed by atoms with Crippen molar-refractivity contribution in [2.75, 3.05) is 0 Å². The zero-order valence-corrected chi connectivity index (χ0v) is 14.9. The van der Waals surface area contributed by atoms with E-state index in [0.29, 0.717) is 11.3 Å². The highest BCUT2D eigenvalue weighted by Gasteiger charge is 2.41. The predicted octanol–water partition coefficient (Wildman–Crippen LogP) is 3.52. The van der Waals surface area contributed by atoms with Crippen molar-refractivity contribution in [1.29, 1.82) is 0 Å². The van der Waals surface area contributed by atoms with Crippen LogP contribution in [0.25, 0.3) is 0 Å². The van der Waals surface area contributed by atoms with Crippen LogP contribution in [0.4, 0.5) is 0 Å². The maximum absolute atomic E-state index is 13.0. The molecule has 0 unspecified atom stereocenters. The smallest absolute Gasteiger partial charge is 0.304 e. The Hall–Kier alpha value is -3.21. The molecule has 2 aromatic carbocycles. The van der Waals surface area contributed by atoms with Gasteiger partial charge in [0.2, 0.25) is 5.91 Å². The van der Waals surface area contributed by atoms with Crippen LogP contribution in [0.2, 0.25) is 0 Å². The molecular weight excluding hydrogens is 342 g/mol. The summed E-state index contributed by atoms with van der Waals surface area (Å²) in [5, 5.41) is 9.19. The van der Waals surface area contributed by atoms with E-state index in [1.807, 2.05) is 36.4 Å². The lowest BCUT2D eigenvalue weighted by atomic mass is 9.80. The predicted molar refractivity (Wildman–Crippen MR) is 101 cm³/mol. The molecule has 27 heavy (non-hydrogen) atoms. The third-order valence-corrected chi connectivity index (χ3v) is 4.86. The fourth-order valence-corrected chi connectivity index (χ4v) is 3.46. The summed E-state index contributed by atoms with van der Waals surface area (Å²) in [7, 11) is 0. The molecule has 1 aliphatic heterocycles. The van der Waals surface area contributed by atoms with Gasteiger partial charge in [0.25, 0.3) is 0 Å². The number of likely N-dealkylation sites (tertiary alicyclic amines) is 1. The van der Waals surface area contributed by atoms with Crippen molar-refractivity contribution < 1.29 is 19.5 Å². The number of aliphatic carboxylic acids is 1. The first-order valence-electron chi connectivity index (χ1n) is 8.82. The Bertz CT molecular complexity index is 856. The van der Waals surface area contributed by atoms with Crippen LogP contribution in [0.15, 0.2) is 72.9 Å². The molecular formula is C22H21NO4. The number of piperidine rings is 1. The Balaban J connectivity index is 1.91. The normalized spacial score (nSPS) is 19.8. The quantitative estimate of drug-likeness (QED) is 0.797. The first-order valence-corrected chi connectivity index (χ1v) is 8.82. The van der Waals surface area contributed by atoms with Crippen LogP contribution in [0.1, 0.15) is 28.8 Å². The van der Waals surface area contributed by atoms with E-state index in [0.717, 1.165) is 5.56 Å². The molecule has 0 aliphatic carbocycles. The number of amides is 1. The second kappa shape index (κ2) is 7.99. The van der Waals surface area contributed by atoms with Gasteiger partial charge in [0, 0.05) is 11.3 Å². The summed E-state index contributed by atoms with van der Waals surface area (Å²) >= 11 is 0. The maximum atomic E-state index is 13.0. The van der Waals surface area contributed by atoms with Gasteiger partial charge >= 0.3 is 5.97 Å². The highest BCUT2D eigenvalue weighted by molar-refractivity contribution is 6.01. The molecule has 0 radical (unpaired) electrons. The van der Waals surface area contributed by atoms with Gasteiger partial charge in [-0.15, -0.1) is 0 Å². The van der Waals surface area contributed by atoms with Crippen LogP contribution in [0.5, 0.6) is 0 Å². The molecule has 0 aromatic heterocycles. The average molecular weight is 363 g/mol. The second-order valence-corrected chi connectivity index (χ2v) is 6.71. The van der Waals surface area contributed by atoms with E-state index in [4.69, 9.17) is 0 Å². The van der Waals surface area contributed by atoms with E-state index in [2.05, 4.69) is 6.58 Å². The highest BCUT2D eigenvalue weighted by Crippen LogP contribution is 2.35. The van der Waals surface area contributed by atoms with Crippen molar-refractivity contribution in [2.24, 2.45) is 11.8 Å². The zero-order valence-electron chi connectivity index (χ0n) is 14.9. The van der Waals surface area contributed by atoms with E-state index >= 15 is 0 Å². The van der Waals surface area contributed by atoms with Crippen LogP contribution >= 0.6 is 0 Å². The van der Waals surface area contributed by atoms with E-state index < -0.39 is 17.8 Å². The molecule has 2 aromatic rings. The fourth-order valence-electron chi connectivity index (χ4n) is 3.46. The van der Waals surface area contributed by atoms with Crippen molar-refractivity contribution in [1.82, 2.24) is 4.90 Å². The Kier molecular flexibility index (Phi) is 5.50. The summed E-state index contributed by atoms with van der Waals surface area (Å²) in [5.74, 6) is -2.83. The molecule has 5 heteroatoms. The number of hydrogen-bond donors (Lipinski definition) is 1. The Morgan fingerprint density at radius 3 is 2.22 bits per heavy atom. The van der Waals surface area contributed by atoms with Gasteiger partial charge in [0.1, 0.15) is 0 Å². The van der Waals surface area contributed by atoms with E-state index in [9.17, 15) is 19.5 Å². The molecule has 1 heterocycles. The molecule has 3 rings (SSSR count). The van der Waals surface area contributed by atoms with Gasteiger partial charge in [-0.2, -0.15) is 0 Å². The number of carbonyl (C=O) groups excluding carboxylic acids is 2. The number of carboxylic acid groups (broad SMARTS) is 1. The lowest BCUT2D eigenvalue weighted by Gasteiger charge is -2.38. The zero-order chi connectivity index (χ0) is 19.4. The minimum Gasteiger partial charge on any atom is -0.481 e. The third-order valence-electron chi connectivity index (χ3n) is 4.86. The average Bonchev–Trinajstić information content (AvgIpc) is 2.68. The van der Waals surface area contributed by atoms with Gasteiger partial charge in [-0.3, -0.25) is 14.4 Å². The van der Waals surface area contributed by atoms with Gasteiger partial charge in [-0.05, 0) is 12.0 Å². The van der Waals surface area contributed by atoms with Gasteiger partial charge < -0.3 is 10.0 Å². The number of ketones is 1. The molecule has 1 N–H and O–H groups in total. The van der Waals surface area contributed by atoms with Crippen LogP contribution in [0.3, 0.4) is 0 Å². The Morgan fingerprint density at radius 1 is 1.04 bits per heavy atom. The number of carbonyl (C=O) groups is 3. The molecule has 1 aliphatic rings. The molecule has 0 spiro atoms. The van der Waals surface area contributed by atoms with E-state index in [1.165, 1.54) is 4.90 Å². The molecule has 138 valence electrons. The lowest BCUT2D eigenvalue weighted by molar-refractivity contribution is -0.146. The minimum absolute atomic E-state index is 0.137. The monoisotopic (exact) mass is 363 g/mol. The molecule has 0 bridgehead atoms. The molecule has 2 atom stereocenters. The molecule has 1 fully saturated rings. The summed E-state index contributed by atoms with van der Waals surface area (Å²) in [6, 6.07) is 18.2. The van der Waals surface area contributed by atoms with Crippen LogP contribution in [-0.2, 0) is 16.1 Å². The number of Topliss-reactive ketones (excluding diaryl/α,β-unsaturated/α-hetero) is 1. The topological polar surface area (TPSA) is 74.7 Å². The second-order valence-electron chi connectivity index (χ2n) is 6.71. The Morgan fingerprint density at radius 2 is 1.63 bits per heavy atom. The summed E-state index contributed by atoms with van der Waals surface area (Å²) in [6.45, 7) is 4.29. The van der Waals surface area contributed by atoms with Crippen LogP contribution < -0.4 is 0 Å². The maximum Gasteiger partial charge on any atom is 0.304 e. The molecule has 1 amide bonds. The van der Waals surface area contributed by atoms with Crippen molar-refractivity contribution in [3.8, 4) is 0 Å². The number of allylic oxidation sites excluding steroid dienone is 1. The van der Waals surface area contributed by atoms with Gasteiger partial charge in [-0.1, -0.05) is 67.2 Å². The number of rotatable bonds is 6. The number of carboxylic acids is 1. The molecule has 5 nitrogen and oxygen atoms in total. The standard InChI is InChI=1S/C22H21NO4/c1-15-19(21(26)17-10-6-3-7-11-17)12-18(13-20(24)25)22(27)23(15)14-16-8-4-2-5-9-16/h2-11,18-19H,1,12-14H2,(H,24,25)/t18-,19+/m0/s1. The third kappa shape index (κ3) is 4.14. The summed E-state index contributed by atoms with van der Waals surface area (Å²) in [5.41, 5.74) is 1.86. The van der Waals surface area contributed by atoms with Gasteiger partial charge in [0.05, 0.1) is 24.8 Å². The van der Waals surface area contributed by atoms with Crippen LogP contribution in [0, 0.1) is 11.8 Å². The minimum atomic E-state index is -1.05. The summed E-state index contributed by atoms with van der Waals surface area (Å²) in [4.78, 5) is 38.6. The first-order chi connectivity index (χ1) is 13.0. The SMILES string of the molecule is C=C1[C@H](C(=O)c2ccccc2)C[C@@H](CC(=O)O)C(=O)N1Cc1ccccc1. The van der Waals surface area contributed by atoms with Gasteiger partial charge in [0.15, 0.2) is 5.78 Å². The van der Waals surface area contributed by atoms with E-state index in [-0.39, 0.29) is 31.1 Å². The molecule has 0 saturated carbocycles. The number of hydrogen-bond acceptors (Lipinski definition) is 3. The largest absolute Gasteiger partial charge is 0.481 e. The fraction of sp³-hybridized carbons (Fsp3) is 0.227. The summed E-state index contributed by atoms with van der Waals surface area (Å²) in [6.07, 6.45) is -0.126. The van der Waals surface area contributed by atoms with E-state index in [1.54, 1.807) is 24.3 Å².